The molecule has 0 bridgehead atoms. The zero-order valence-electron chi connectivity index (χ0n) is 33.8. The fraction of sp³-hybridized carbons (Fsp3) is 0.231. The Hall–Kier alpha value is -3.90. The largest absolute Gasteiger partial charge is 0.524 e. The van der Waals surface area contributed by atoms with Gasteiger partial charge in [0.15, 0.2) is 17.1 Å². The second-order valence-corrected chi connectivity index (χ2v) is 12.0. The van der Waals surface area contributed by atoms with Crippen molar-refractivity contribution in [2.75, 3.05) is 20.3 Å². The molecule has 6 rings (SSSR count). The predicted molar refractivity (Wildman–Crippen MR) is 211 cm³/mol. The van der Waals surface area contributed by atoms with Crippen molar-refractivity contribution in [1.82, 2.24) is 39.8 Å². The Morgan fingerprint density at radius 3 is 1.84 bits per heavy atom. The number of carbonyl (C=O) groups excluding carboxylic acids is 3. The summed E-state index contributed by atoms with van der Waals surface area (Å²) in [4.78, 5) is 71.5. The number of hydrogen-bond acceptors (Lipinski definition) is 15. The Morgan fingerprint density at radius 1 is 0.803 bits per heavy atom. The Bertz CT molecular complexity index is 2640. The normalized spacial score (nSPS) is 10.6. The summed E-state index contributed by atoms with van der Waals surface area (Å²) in [5.74, 6) is -2.47. The molecule has 6 aromatic rings. The number of aryl methyl sites for hydroxylation is 3. The van der Waals surface area contributed by atoms with Gasteiger partial charge in [0, 0.05) is 126 Å². The first-order valence-electron chi connectivity index (χ1n) is 17.2. The van der Waals surface area contributed by atoms with Gasteiger partial charge in [-0.15, -0.1) is 5.11 Å². The van der Waals surface area contributed by atoms with Crippen LogP contribution in [0.5, 0.6) is 0 Å². The summed E-state index contributed by atoms with van der Waals surface area (Å²) in [5, 5.41) is 28.2. The van der Waals surface area contributed by atoms with Crippen LogP contribution >= 0.6 is 11.6 Å². The molecule has 22 heteroatoms. The number of amides is 1. The maximum absolute atomic E-state index is 12.4. The summed E-state index contributed by atoms with van der Waals surface area (Å²) in [5.41, 5.74) is 1.43. The number of carbonyl (C=O) groups is 3. The Kier molecular flexibility index (Phi) is 24.6. The molecule has 0 spiro atoms. The van der Waals surface area contributed by atoms with Gasteiger partial charge in [0.25, 0.3) is 5.91 Å². The van der Waals surface area contributed by atoms with E-state index in [4.69, 9.17) is 21.1 Å². The van der Waals surface area contributed by atoms with Gasteiger partial charge < -0.3 is 29.5 Å². The van der Waals surface area contributed by atoms with E-state index in [9.17, 15) is 29.1 Å². The zero-order valence-corrected chi connectivity index (χ0v) is 43.1. The van der Waals surface area contributed by atoms with E-state index in [2.05, 4.69) is 58.9 Å². The van der Waals surface area contributed by atoms with Crippen molar-refractivity contribution in [3.63, 3.8) is 0 Å². The van der Waals surface area contributed by atoms with E-state index in [1.807, 2.05) is 31.2 Å². The van der Waals surface area contributed by atoms with Gasteiger partial charge in [0.05, 0.1) is 35.4 Å². The van der Waals surface area contributed by atoms with E-state index in [0.717, 1.165) is 11.1 Å². The zero-order chi connectivity index (χ0) is 42.4. The molecule has 3 radical (unpaired) electrons. The number of fused-ring (bicyclic) bond motifs is 2. The molecule has 18 nitrogen and oxygen atoms in total. The first-order valence-corrected chi connectivity index (χ1v) is 17.6. The molecule has 0 aliphatic carbocycles. The van der Waals surface area contributed by atoms with E-state index in [1.54, 1.807) is 27.9 Å². The van der Waals surface area contributed by atoms with Crippen LogP contribution in [0.25, 0.3) is 27.8 Å². The molecule has 0 unspecified atom stereocenters. The van der Waals surface area contributed by atoms with Crippen LogP contribution in [0.2, 0.25) is 5.15 Å². The molecule has 61 heavy (non-hydrogen) atoms. The smallest absolute Gasteiger partial charge is 0.361 e. The maximum Gasteiger partial charge on any atom is 0.361 e. The van der Waals surface area contributed by atoms with Gasteiger partial charge in [0.2, 0.25) is 0 Å². The number of aromatic nitrogens is 7. The predicted octanol–water partition coefficient (Wildman–Crippen LogP) is 4.07. The number of rotatable bonds is 9. The van der Waals surface area contributed by atoms with Gasteiger partial charge in [-0.1, -0.05) is 76.4 Å². The molecule has 0 saturated heterocycles. The number of aliphatic hydroxyl groups is 1. The van der Waals surface area contributed by atoms with Crippen LogP contribution in [0.3, 0.4) is 0 Å². The minimum Gasteiger partial charge on any atom is -0.524 e. The number of halogens is 1. The summed E-state index contributed by atoms with van der Waals surface area (Å²) in [6.45, 7) is 5.99. The van der Waals surface area contributed by atoms with Crippen LogP contribution in [0.4, 0.5) is 0 Å². The third kappa shape index (κ3) is 14.9. The van der Waals surface area contributed by atoms with Gasteiger partial charge in [-0.2, -0.15) is 15.3 Å². The van der Waals surface area contributed by atoms with E-state index in [1.165, 1.54) is 53.2 Å². The molecule has 5 aromatic heterocycles. The number of nitrogens with zero attached hydrogens (tertiary/aromatic N) is 9. The van der Waals surface area contributed by atoms with Crippen molar-refractivity contribution < 1.29 is 127 Å². The third-order valence-corrected chi connectivity index (χ3v) is 7.90. The third-order valence-electron chi connectivity index (χ3n) is 7.60. The fourth-order valence-electron chi connectivity index (χ4n) is 4.87. The molecule has 0 fully saturated rings. The standard InChI is InChI=1S/C17H15N4O2.C11H11ClN3O3.C11H10N3O3.3Y/c1-11-5-7-12(8-6-11)10-19-17(23)14-15(22)13-4-3-9-18-16(13)21(2)20-14;1-3-18-11(17)8(15-13-2)9(16)7-5-4-6-14-10(7)12;1-3-17-11(16)8-9(15)7-5-4-6-12-10(7)14(2)13-8;;;/h4-9H,10H2,1-2H3,(H,19,23);5-6,16H,3H2,1-2H3;5-6H,3H2,1-2H3;;;/q3*-1;;;. The molecule has 0 saturated carbocycles. The van der Waals surface area contributed by atoms with E-state index >= 15 is 0 Å². The number of nitrogens with one attached hydrogen (secondary N) is 1. The molecule has 1 aromatic carbocycles. The minimum absolute atomic E-state index is 0. The first-order chi connectivity index (χ1) is 27.8. The van der Waals surface area contributed by atoms with Crippen LogP contribution in [0.15, 0.2) is 86.6 Å². The van der Waals surface area contributed by atoms with Crippen molar-refractivity contribution in [3.05, 3.63) is 139 Å². The monoisotopic (exact) mass is 1070 g/mol. The first kappa shape index (κ1) is 55.1. The summed E-state index contributed by atoms with van der Waals surface area (Å²) in [7, 11) is 4.62. The van der Waals surface area contributed by atoms with Crippen LogP contribution in [-0.4, -0.2) is 77.7 Å². The number of pyridine rings is 3. The van der Waals surface area contributed by atoms with Crippen molar-refractivity contribution in [3.8, 4) is 0 Å². The van der Waals surface area contributed by atoms with Crippen molar-refractivity contribution in [2.45, 2.75) is 27.3 Å². The van der Waals surface area contributed by atoms with Gasteiger partial charge >= 0.3 is 11.9 Å². The summed E-state index contributed by atoms with van der Waals surface area (Å²) >= 11 is 5.80. The van der Waals surface area contributed by atoms with Gasteiger partial charge in [0.1, 0.15) is 10.9 Å². The number of benzene rings is 1. The van der Waals surface area contributed by atoms with Crippen molar-refractivity contribution >= 4 is 57.3 Å². The van der Waals surface area contributed by atoms with Crippen LogP contribution in [0, 0.1) is 25.1 Å². The molecule has 0 aliphatic rings. The fourth-order valence-corrected chi connectivity index (χ4v) is 5.06. The van der Waals surface area contributed by atoms with E-state index < -0.39 is 34.5 Å². The molecule has 5 heterocycles. The van der Waals surface area contributed by atoms with Crippen molar-refractivity contribution in [1.29, 1.82) is 0 Å². The number of azo groups is 1. The average Bonchev–Trinajstić information content (AvgIpc) is 3.23. The maximum atomic E-state index is 12.4. The Morgan fingerprint density at radius 2 is 1.31 bits per heavy atom. The van der Waals surface area contributed by atoms with Crippen LogP contribution in [-0.2, 0) is 133 Å². The van der Waals surface area contributed by atoms with E-state index in [-0.39, 0.29) is 139 Å². The number of esters is 2. The Labute approximate surface area is 430 Å². The quantitative estimate of drug-likeness (QED) is 0.0520. The van der Waals surface area contributed by atoms with Gasteiger partial charge in [-0.3, -0.25) is 29.1 Å². The number of aliphatic hydroxyl groups excluding tert-OH is 1. The van der Waals surface area contributed by atoms with Gasteiger partial charge in [-0.25, -0.2) is 46.0 Å². The molecule has 0 atom stereocenters. The molecule has 309 valence electrons. The SMILES string of the molecule is CCOC(=O)C(N=NC)=C(O)c1c[c-]cnc1Cl.CCOC(=O)c1nn(C)c2nc[c-]cc2c1=O.Cc1ccc(CNC(=O)c2nn(C)c3nc[c-]cc3c2=O)cc1.[Y].[Y].[Y]. The molecule has 0 aliphatic heterocycles. The Balaban J connectivity index is 0.000000453. The molecular weight excluding hydrogens is 1040 g/mol. The van der Waals surface area contributed by atoms with Crippen molar-refractivity contribution in [2.24, 2.45) is 24.3 Å². The second-order valence-electron chi connectivity index (χ2n) is 11.6. The molecule has 2 N–H and O–H groups in total. The molecular formula is C39H36ClN10O8Y3-3. The van der Waals surface area contributed by atoms with Gasteiger partial charge in [-0.05, 0) is 26.3 Å². The van der Waals surface area contributed by atoms with Crippen LogP contribution in [0.1, 0.15) is 51.5 Å². The second kappa shape index (κ2) is 27.2. The minimum atomic E-state index is -0.791. The van der Waals surface area contributed by atoms with Crippen LogP contribution < -0.4 is 16.2 Å². The topological polar surface area (TPSA) is 235 Å². The number of hydrogen-bond donors (Lipinski definition) is 2. The van der Waals surface area contributed by atoms with E-state index in [0.29, 0.717) is 28.6 Å². The number of ether oxygens (including phenoxy) is 2. The molecule has 1 amide bonds. The average molecular weight is 1070 g/mol. The summed E-state index contributed by atoms with van der Waals surface area (Å²) < 4.78 is 12.3. The summed E-state index contributed by atoms with van der Waals surface area (Å²) in [6, 6.07) is 20.3. The summed E-state index contributed by atoms with van der Waals surface area (Å²) in [6.07, 6.45) is 4.23.